The van der Waals surface area contributed by atoms with E-state index in [0.717, 1.165) is 6.42 Å². The third kappa shape index (κ3) is 5.06. The van der Waals surface area contributed by atoms with Crippen LogP contribution in [0.25, 0.3) is 0 Å². The second-order valence-electron chi connectivity index (χ2n) is 3.96. The molecule has 0 aliphatic heterocycles. The van der Waals surface area contributed by atoms with Crippen LogP contribution in [-0.2, 0) is 6.42 Å². The Labute approximate surface area is 89.4 Å². The molecule has 0 nitrogen and oxygen atoms in total. The second kappa shape index (κ2) is 7.61. The summed E-state index contributed by atoms with van der Waals surface area (Å²) >= 11 is 0. The zero-order valence-electron chi connectivity index (χ0n) is 10.3. The van der Waals surface area contributed by atoms with Gasteiger partial charge in [0.25, 0.3) is 0 Å². The first kappa shape index (κ1) is 13.2. The van der Waals surface area contributed by atoms with Gasteiger partial charge in [0.15, 0.2) is 0 Å². The van der Waals surface area contributed by atoms with Crippen LogP contribution in [0.1, 0.15) is 58.1 Å². The first-order valence-electron chi connectivity index (χ1n) is 5.74. The van der Waals surface area contributed by atoms with E-state index in [1.54, 1.807) is 0 Å². The predicted molar refractivity (Wildman–Crippen MR) is 65.9 cm³/mol. The first-order chi connectivity index (χ1) is 6.65. The van der Waals surface area contributed by atoms with E-state index in [0.29, 0.717) is 5.92 Å². The summed E-state index contributed by atoms with van der Waals surface area (Å²) in [4.78, 5) is 0. The van der Waals surface area contributed by atoms with E-state index in [9.17, 15) is 0 Å². The maximum Gasteiger partial charge on any atom is -0.0219 e. The summed E-state index contributed by atoms with van der Waals surface area (Å²) < 4.78 is 0. The average molecular weight is 192 g/mol. The van der Waals surface area contributed by atoms with Crippen molar-refractivity contribution in [2.24, 2.45) is 0 Å². The van der Waals surface area contributed by atoms with Gasteiger partial charge in [-0.1, -0.05) is 65.3 Å². The minimum absolute atomic E-state index is 0.654. The maximum absolute atomic E-state index is 2.23. The number of hydrogen-bond acceptors (Lipinski definition) is 0. The van der Waals surface area contributed by atoms with Crippen LogP contribution in [-0.4, -0.2) is 0 Å². The van der Waals surface area contributed by atoms with E-state index in [-0.39, 0.29) is 0 Å². The van der Waals surface area contributed by atoms with Crippen LogP contribution in [0, 0.1) is 0 Å². The zero-order valence-corrected chi connectivity index (χ0v) is 10.3. The molecule has 0 fully saturated rings. The molecule has 0 atom stereocenters. The van der Waals surface area contributed by atoms with Crippen LogP contribution < -0.4 is 0 Å². The van der Waals surface area contributed by atoms with Crippen molar-refractivity contribution in [2.75, 3.05) is 0 Å². The van der Waals surface area contributed by atoms with Crippen LogP contribution in [0.5, 0.6) is 0 Å². The first-order valence-corrected chi connectivity index (χ1v) is 5.74. The summed E-state index contributed by atoms with van der Waals surface area (Å²) in [5.41, 5.74) is 2.86. The third-order valence-electron chi connectivity index (χ3n) is 2.05. The second-order valence-corrected chi connectivity index (χ2v) is 3.96. The van der Waals surface area contributed by atoms with Crippen molar-refractivity contribution in [3.63, 3.8) is 0 Å². The molecule has 80 valence electrons. The highest BCUT2D eigenvalue weighted by atomic mass is 14.0. The topological polar surface area (TPSA) is 0 Å². The molecule has 1 rings (SSSR count). The lowest BCUT2D eigenvalue weighted by Crippen LogP contribution is -1.87. The number of rotatable bonds is 2. The molecule has 0 heteroatoms. The Hall–Kier alpha value is -0.780. The molecule has 1 aromatic carbocycles. The molecule has 0 aromatic heterocycles. The van der Waals surface area contributed by atoms with Gasteiger partial charge in [0.2, 0.25) is 0 Å². The Balaban J connectivity index is 0.000000500. The minimum atomic E-state index is 0.654. The van der Waals surface area contributed by atoms with Gasteiger partial charge in [-0.25, -0.2) is 0 Å². The summed E-state index contributed by atoms with van der Waals surface area (Å²) in [6, 6.07) is 8.89. The lowest BCUT2D eigenvalue weighted by Gasteiger charge is -2.04. The van der Waals surface area contributed by atoms with Crippen molar-refractivity contribution >= 4 is 0 Å². The standard InChI is InChI=1S/C11H16.C3H8/c1-4-10-5-7-11(8-6-10)9(2)3;1-3-2/h5-9H,4H2,1-3H3;3H2,1-2H3. The highest BCUT2D eigenvalue weighted by Gasteiger charge is 1.96. The summed E-state index contributed by atoms with van der Waals surface area (Å²) in [5, 5.41) is 0. The van der Waals surface area contributed by atoms with Crippen LogP contribution in [0.15, 0.2) is 24.3 Å². The Kier molecular flexibility index (Phi) is 7.18. The summed E-state index contributed by atoms with van der Waals surface area (Å²) in [7, 11) is 0. The summed E-state index contributed by atoms with van der Waals surface area (Å²) in [5.74, 6) is 0.654. The monoisotopic (exact) mass is 192 g/mol. The van der Waals surface area contributed by atoms with Crippen LogP contribution in [0.2, 0.25) is 0 Å². The molecule has 0 heterocycles. The fraction of sp³-hybridized carbons (Fsp3) is 0.571. The highest BCUT2D eigenvalue weighted by Crippen LogP contribution is 2.14. The van der Waals surface area contributed by atoms with Crippen molar-refractivity contribution < 1.29 is 0 Å². The lowest BCUT2D eigenvalue weighted by atomic mass is 10.0. The molecular weight excluding hydrogens is 168 g/mol. The SMILES string of the molecule is CCC.CCc1ccc(C(C)C)cc1. The van der Waals surface area contributed by atoms with E-state index in [1.807, 2.05) is 0 Å². The minimum Gasteiger partial charge on any atom is -0.0656 e. The van der Waals surface area contributed by atoms with E-state index in [1.165, 1.54) is 17.5 Å². The zero-order chi connectivity index (χ0) is 11.0. The van der Waals surface area contributed by atoms with Crippen molar-refractivity contribution in [2.45, 2.75) is 53.4 Å². The molecular formula is C14H24. The lowest BCUT2D eigenvalue weighted by molar-refractivity contribution is 0.865. The molecule has 0 N–H and O–H groups in total. The number of benzene rings is 1. The van der Waals surface area contributed by atoms with Gasteiger partial charge in [-0.2, -0.15) is 0 Å². The quantitative estimate of drug-likeness (QED) is 0.632. The fourth-order valence-electron chi connectivity index (χ4n) is 1.14. The summed E-state index contributed by atoms with van der Waals surface area (Å²) in [6.07, 6.45) is 2.39. The molecule has 0 amide bonds. The molecule has 14 heavy (non-hydrogen) atoms. The van der Waals surface area contributed by atoms with Crippen LogP contribution >= 0.6 is 0 Å². The number of hydrogen-bond donors (Lipinski definition) is 0. The van der Waals surface area contributed by atoms with Gasteiger partial charge in [0, 0.05) is 0 Å². The van der Waals surface area contributed by atoms with Gasteiger partial charge in [0.05, 0.1) is 0 Å². The van der Waals surface area contributed by atoms with Gasteiger partial charge in [-0.3, -0.25) is 0 Å². The average Bonchev–Trinajstić information content (AvgIpc) is 2.19. The predicted octanol–water partition coefficient (Wildman–Crippen LogP) is 4.79. The van der Waals surface area contributed by atoms with Gasteiger partial charge in [-0.05, 0) is 23.5 Å². The normalized spacial score (nSPS) is 9.57. The Morgan fingerprint density at radius 1 is 0.929 bits per heavy atom. The number of aryl methyl sites for hydroxylation is 1. The third-order valence-corrected chi connectivity index (χ3v) is 2.05. The smallest absolute Gasteiger partial charge is 0.0219 e. The Morgan fingerprint density at radius 3 is 1.64 bits per heavy atom. The molecule has 0 spiro atoms. The van der Waals surface area contributed by atoms with E-state index in [2.05, 4.69) is 58.9 Å². The molecule has 0 unspecified atom stereocenters. The molecule has 0 aliphatic rings. The highest BCUT2D eigenvalue weighted by molar-refractivity contribution is 5.24. The van der Waals surface area contributed by atoms with Gasteiger partial charge >= 0.3 is 0 Å². The van der Waals surface area contributed by atoms with Crippen molar-refractivity contribution in [3.05, 3.63) is 35.4 Å². The summed E-state index contributed by atoms with van der Waals surface area (Å²) in [6.45, 7) is 10.9. The molecule has 0 radical (unpaired) electrons. The molecule has 0 saturated carbocycles. The largest absolute Gasteiger partial charge is 0.0656 e. The van der Waals surface area contributed by atoms with E-state index >= 15 is 0 Å². The van der Waals surface area contributed by atoms with E-state index < -0.39 is 0 Å². The van der Waals surface area contributed by atoms with Crippen molar-refractivity contribution in [3.8, 4) is 0 Å². The van der Waals surface area contributed by atoms with Gasteiger partial charge in [0.1, 0.15) is 0 Å². The molecule has 0 aliphatic carbocycles. The molecule has 1 aromatic rings. The van der Waals surface area contributed by atoms with Gasteiger partial charge < -0.3 is 0 Å². The Bertz CT molecular complexity index is 218. The van der Waals surface area contributed by atoms with Gasteiger partial charge in [-0.15, -0.1) is 0 Å². The van der Waals surface area contributed by atoms with E-state index in [4.69, 9.17) is 0 Å². The Morgan fingerprint density at radius 2 is 1.36 bits per heavy atom. The molecule has 0 bridgehead atoms. The van der Waals surface area contributed by atoms with Crippen LogP contribution in [0.3, 0.4) is 0 Å². The molecule has 0 saturated heterocycles. The van der Waals surface area contributed by atoms with Crippen molar-refractivity contribution in [1.29, 1.82) is 0 Å². The van der Waals surface area contributed by atoms with Crippen LogP contribution in [0.4, 0.5) is 0 Å². The maximum atomic E-state index is 2.23. The fourth-order valence-corrected chi connectivity index (χ4v) is 1.14. The van der Waals surface area contributed by atoms with Crippen molar-refractivity contribution in [1.82, 2.24) is 0 Å².